The molecule has 1 fully saturated rings. The molecule has 0 saturated heterocycles. The van der Waals surface area contributed by atoms with Gasteiger partial charge in [0.25, 0.3) is 0 Å². The first-order chi connectivity index (χ1) is 4.02. The van der Waals surface area contributed by atoms with Gasteiger partial charge in [0, 0.05) is 5.75 Å². The maximum Gasteiger partial charge on any atom is 0.155 e. The highest BCUT2D eigenvalue weighted by atomic mass is 32.2. The molecule has 0 aromatic rings. The highest BCUT2D eigenvalue weighted by Crippen LogP contribution is 2.43. The fraction of sp³-hybridized carbons (Fsp3) is 1.00. The van der Waals surface area contributed by atoms with Crippen LogP contribution in [0.25, 0.3) is 0 Å². The lowest BCUT2D eigenvalue weighted by atomic mass is 10.5. The molecule has 0 atom stereocenters. The molecule has 0 N–H and O–H groups in total. The molecule has 0 unspecified atom stereocenters. The summed E-state index contributed by atoms with van der Waals surface area (Å²) in [5.74, 6) is 0.295. The average Bonchev–Trinajstić information content (AvgIpc) is 2.49. The summed E-state index contributed by atoms with van der Waals surface area (Å²) in [6.07, 6.45) is 1.73. The van der Waals surface area contributed by atoms with Gasteiger partial charge >= 0.3 is 0 Å². The van der Waals surface area contributed by atoms with Crippen LogP contribution in [0.1, 0.15) is 26.7 Å². The van der Waals surface area contributed by atoms with Gasteiger partial charge in [0.1, 0.15) is 0 Å². The van der Waals surface area contributed by atoms with Gasteiger partial charge in [-0.2, -0.15) is 0 Å². The minimum absolute atomic E-state index is 0.295. The molecular formula is C6H12O2S. The molecule has 0 aromatic carbocycles. The van der Waals surface area contributed by atoms with Crippen LogP contribution < -0.4 is 0 Å². The second-order valence-corrected chi connectivity index (χ2v) is 5.65. The summed E-state index contributed by atoms with van der Waals surface area (Å²) in [6, 6.07) is 0. The SMILES string of the molecule is CCS(=O)(=O)C1(C)CC1. The third kappa shape index (κ3) is 0.980. The normalized spacial score (nSPS) is 23.8. The van der Waals surface area contributed by atoms with Crippen molar-refractivity contribution >= 4 is 9.84 Å². The quantitative estimate of drug-likeness (QED) is 0.585. The third-order valence-corrected chi connectivity index (χ3v) is 4.75. The lowest BCUT2D eigenvalue weighted by molar-refractivity contribution is 0.583. The Hall–Kier alpha value is -0.0500. The first-order valence-corrected chi connectivity index (χ1v) is 4.89. The van der Waals surface area contributed by atoms with Gasteiger partial charge in [0.2, 0.25) is 0 Å². The molecular weight excluding hydrogens is 136 g/mol. The Morgan fingerprint density at radius 1 is 1.44 bits per heavy atom. The summed E-state index contributed by atoms with van der Waals surface area (Å²) in [5, 5.41) is 0. The van der Waals surface area contributed by atoms with E-state index in [-0.39, 0.29) is 4.75 Å². The second kappa shape index (κ2) is 1.72. The average molecular weight is 148 g/mol. The van der Waals surface area contributed by atoms with E-state index in [1.54, 1.807) is 6.92 Å². The van der Waals surface area contributed by atoms with Crippen LogP contribution in [0.2, 0.25) is 0 Å². The fourth-order valence-corrected chi connectivity index (χ4v) is 2.26. The summed E-state index contributed by atoms with van der Waals surface area (Å²) in [6.45, 7) is 3.53. The molecule has 0 bridgehead atoms. The van der Waals surface area contributed by atoms with Crippen molar-refractivity contribution in [3.05, 3.63) is 0 Å². The first kappa shape index (κ1) is 7.06. The van der Waals surface area contributed by atoms with Crippen molar-refractivity contribution in [3.63, 3.8) is 0 Å². The Morgan fingerprint density at radius 2 is 1.89 bits per heavy atom. The van der Waals surface area contributed by atoms with Crippen LogP contribution in [0.3, 0.4) is 0 Å². The molecule has 1 saturated carbocycles. The van der Waals surface area contributed by atoms with Gasteiger partial charge in [-0.1, -0.05) is 6.92 Å². The monoisotopic (exact) mass is 148 g/mol. The zero-order chi connectivity index (χ0) is 7.12. The van der Waals surface area contributed by atoms with Gasteiger partial charge in [0.05, 0.1) is 4.75 Å². The molecule has 0 heterocycles. The van der Waals surface area contributed by atoms with Gasteiger partial charge in [0.15, 0.2) is 9.84 Å². The second-order valence-electron chi connectivity index (χ2n) is 2.85. The Kier molecular flexibility index (Phi) is 1.35. The van der Waals surface area contributed by atoms with Crippen LogP contribution in [-0.2, 0) is 9.84 Å². The van der Waals surface area contributed by atoms with Crippen LogP contribution in [-0.4, -0.2) is 18.9 Å². The number of sulfone groups is 1. The molecule has 0 spiro atoms. The van der Waals surface area contributed by atoms with Crippen molar-refractivity contribution in [1.29, 1.82) is 0 Å². The molecule has 2 nitrogen and oxygen atoms in total. The van der Waals surface area contributed by atoms with Crippen LogP contribution in [0.15, 0.2) is 0 Å². The van der Waals surface area contributed by atoms with Crippen LogP contribution >= 0.6 is 0 Å². The van der Waals surface area contributed by atoms with E-state index in [1.165, 1.54) is 0 Å². The van der Waals surface area contributed by atoms with Crippen LogP contribution in [0, 0.1) is 0 Å². The predicted molar refractivity (Wildman–Crippen MR) is 37.1 cm³/mol. The first-order valence-electron chi connectivity index (χ1n) is 3.24. The van der Waals surface area contributed by atoms with E-state index in [0.717, 1.165) is 12.8 Å². The molecule has 54 valence electrons. The Morgan fingerprint density at radius 3 is 2.00 bits per heavy atom. The molecule has 1 aliphatic rings. The summed E-state index contributed by atoms with van der Waals surface area (Å²) in [7, 11) is -2.72. The minimum Gasteiger partial charge on any atom is -0.228 e. The summed E-state index contributed by atoms with van der Waals surface area (Å²) in [5.41, 5.74) is 0. The van der Waals surface area contributed by atoms with E-state index in [1.807, 2.05) is 6.92 Å². The smallest absolute Gasteiger partial charge is 0.155 e. The highest BCUT2D eigenvalue weighted by Gasteiger charge is 2.48. The van der Waals surface area contributed by atoms with Crippen molar-refractivity contribution in [1.82, 2.24) is 0 Å². The lowest BCUT2D eigenvalue weighted by Crippen LogP contribution is -2.20. The van der Waals surface area contributed by atoms with Crippen LogP contribution in [0.5, 0.6) is 0 Å². The maximum atomic E-state index is 11.1. The highest BCUT2D eigenvalue weighted by molar-refractivity contribution is 7.93. The zero-order valence-electron chi connectivity index (χ0n) is 5.85. The van der Waals surface area contributed by atoms with Gasteiger partial charge in [-0.05, 0) is 19.8 Å². The van der Waals surface area contributed by atoms with Crippen molar-refractivity contribution < 1.29 is 8.42 Å². The van der Waals surface area contributed by atoms with Gasteiger partial charge < -0.3 is 0 Å². The van der Waals surface area contributed by atoms with E-state index < -0.39 is 9.84 Å². The Labute approximate surface area is 56.2 Å². The minimum atomic E-state index is -2.72. The van der Waals surface area contributed by atoms with Crippen molar-refractivity contribution in [2.24, 2.45) is 0 Å². The van der Waals surface area contributed by atoms with E-state index in [9.17, 15) is 8.42 Å². The van der Waals surface area contributed by atoms with Crippen LogP contribution in [0.4, 0.5) is 0 Å². The van der Waals surface area contributed by atoms with E-state index in [0.29, 0.717) is 5.75 Å². The molecule has 3 heteroatoms. The number of hydrogen-bond donors (Lipinski definition) is 0. The molecule has 0 aliphatic heterocycles. The Bertz CT molecular complexity index is 199. The zero-order valence-corrected chi connectivity index (χ0v) is 6.66. The molecule has 1 rings (SSSR count). The largest absolute Gasteiger partial charge is 0.228 e. The van der Waals surface area contributed by atoms with E-state index in [4.69, 9.17) is 0 Å². The summed E-state index contributed by atoms with van der Waals surface area (Å²) >= 11 is 0. The molecule has 1 aliphatic carbocycles. The third-order valence-electron chi connectivity index (χ3n) is 2.08. The van der Waals surface area contributed by atoms with E-state index in [2.05, 4.69) is 0 Å². The molecule has 0 radical (unpaired) electrons. The van der Waals surface area contributed by atoms with Crippen molar-refractivity contribution in [2.75, 3.05) is 5.75 Å². The Balaban J connectivity index is 2.84. The van der Waals surface area contributed by atoms with E-state index >= 15 is 0 Å². The van der Waals surface area contributed by atoms with Crippen molar-refractivity contribution in [2.45, 2.75) is 31.4 Å². The number of rotatable bonds is 2. The molecule has 0 amide bonds. The fourth-order valence-electron chi connectivity index (χ4n) is 0.835. The standard InChI is InChI=1S/C6H12O2S/c1-3-9(7,8)6(2)4-5-6/h3-5H2,1-2H3. The molecule has 0 aromatic heterocycles. The van der Waals surface area contributed by atoms with Gasteiger partial charge in [-0.25, -0.2) is 8.42 Å². The van der Waals surface area contributed by atoms with Crippen molar-refractivity contribution in [3.8, 4) is 0 Å². The summed E-state index contributed by atoms with van der Waals surface area (Å²) < 4.78 is 21.8. The predicted octanol–water partition coefficient (Wildman–Crippen LogP) is 0.974. The summed E-state index contributed by atoms with van der Waals surface area (Å²) in [4.78, 5) is 0. The van der Waals surface area contributed by atoms with Gasteiger partial charge in [-0.15, -0.1) is 0 Å². The number of hydrogen-bond acceptors (Lipinski definition) is 2. The van der Waals surface area contributed by atoms with Gasteiger partial charge in [-0.3, -0.25) is 0 Å². The lowest BCUT2D eigenvalue weighted by Gasteiger charge is -2.05. The maximum absolute atomic E-state index is 11.1. The molecule has 9 heavy (non-hydrogen) atoms. The topological polar surface area (TPSA) is 34.1 Å².